The number of hydrogen-bond acceptors (Lipinski definition) is 11. The van der Waals surface area contributed by atoms with Crippen molar-refractivity contribution in [3.8, 4) is 5.75 Å². The molecule has 3 aromatic rings. The second-order valence-electron chi connectivity index (χ2n) is 6.64. The number of ether oxygens (including phenoxy) is 3. The number of para-hydroxylation sites is 1. The molecule has 4 N–H and O–H groups in total. The first-order valence-corrected chi connectivity index (χ1v) is 10.2. The van der Waals surface area contributed by atoms with Crippen molar-refractivity contribution in [3.63, 3.8) is 0 Å². The average molecular weight is 454 g/mol. The third kappa shape index (κ3) is 8.59. The summed E-state index contributed by atoms with van der Waals surface area (Å²) in [5.41, 5.74) is 1.55. The van der Waals surface area contributed by atoms with Crippen molar-refractivity contribution >= 4 is 35.2 Å². The summed E-state index contributed by atoms with van der Waals surface area (Å²) < 4.78 is 15.1. The number of anilines is 5. The monoisotopic (exact) mass is 454 g/mol. The van der Waals surface area contributed by atoms with Crippen molar-refractivity contribution in [1.82, 2.24) is 15.0 Å². The van der Waals surface area contributed by atoms with Crippen molar-refractivity contribution in [1.29, 1.82) is 0 Å². The molecule has 33 heavy (non-hydrogen) atoms. The first-order valence-electron chi connectivity index (χ1n) is 10.2. The third-order valence-corrected chi connectivity index (χ3v) is 4.14. The zero-order valence-electron chi connectivity index (χ0n) is 18.2. The highest BCUT2D eigenvalue weighted by Crippen LogP contribution is 2.20. The van der Waals surface area contributed by atoms with Gasteiger partial charge in [-0.2, -0.15) is 15.0 Å². The summed E-state index contributed by atoms with van der Waals surface area (Å²) in [5.74, 6) is 0.782. The number of aromatic hydroxyl groups is 1. The Hall–Kier alpha value is -3.96. The Morgan fingerprint density at radius 1 is 0.818 bits per heavy atom. The molecule has 0 aliphatic heterocycles. The van der Waals surface area contributed by atoms with Gasteiger partial charge in [-0.3, -0.25) is 0 Å². The van der Waals surface area contributed by atoms with Crippen LogP contribution in [0.1, 0.15) is 0 Å². The number of esters is 1. The second kappa shape index (κ2) is 12.8. The summed E-state index contributed by atoms with van der Waals surface area (Å²) in [5, 5.41) is 18.8. The molecule has 1 aromatic heterocycles. The van der Waals surface area contributed by atoms with E-state index in [0.29, 0.717) is 43.3 Å². The summed E-state index contributed by atoms with van der Waals surface area (Å²) in [6.07, 6.45) is 0. The molecule has 0 radical (unpaired) electrons. The fourth-order valence-corrected chi connectivity index (χ4v) is 2.56. The SMILES string of the molecule is COC(=O)COCCOCCNc1nc(Nc2ccccc2)nc(Nc2ccc(O)cc2)n1. The first kappa shape index (κ1) is 23.7. The van der Waals surface area contributed by atoms with E-state index in [9.17, 15) is 9.90 Å². The molecule has 0 atom stereocenters. The van der Waals surface area contributed by atoms with Crippen molar-refractivity contribution in [3.05, 3.63) is 54.6 Å². The summed E-state index contributed by atoms with van der Waals surface area (Å²) in [6.45, 7) is 1.36. The number of carbonyl (C=O) groups excluding carboxylic acids is 1. The predicted octanol–water partition coefficient (Wildman–Crippen LogP) is 2.68. The lowest BCUT2D eigenvalue weighted by Crippen LogP contribution is -2.17. The Labute approximate surface area is 191 Å². The standard InChI is InChI=1S/C22H26N6O5/c1-31-19(30)15-33-14-13-32-12-11-23-20-26-21(24-16-5-3-2-4-6-16)28-22(27-20)25-17-7-9-18(29)10-8-17/h2-10,29H,11-15H2,1H3,(H3,23,24,25,26,27,28). The van der Waals surface area contributed by atoms with Crippen LogP contribution in [0, 0.1) is 0 Å². The molecule has 0 aliphatic rings. The molecule has 11 nitrogen and oxygen atoms in total. The van der Waals surface area contributed by atoms with Gasteiger partial charge in [0, 0.05) is 17.9 Å². The first-order chi connectivity index (χ1) is 16.1. The van der Waals surface area contributed by atoms with E-state index in [0.717, 1.165) is 5.69 Å². The molecular weight excluding hydrogens is 428 g/mol. The topological polar surface area (TPSA) is 140 Å². The third-order valence-electron chi connectivity index (χ3n) is 4.14. The van der Waals surface area contributed by atoms with Crippen molar-refractivity contribution in [2.45, 2.75) is 0 Å². The smallest absolute Gasteiger partial charge is 0.331 e. The fourth-order valence-electron chi connectivity index (χ4n) is 2.56. The molecule has 174 valence electrons. The number of methoxy groups -OCH3 is 1. The zero-order valence-corrected chi connectivity index (χ0v) is 18.2. The largest absolute Gasteiger partial charge is 0.508 e. The van der Waals surface area contributed by atoms with E-state index in [1.165, 1.54) is 7.11 Å². The molecule has 0 fully saturated rings. The van der Waals surface area contributed by atoms with Gasteiger partial charge in [0.05, 0.1) is 26.9 Å². The number of nitrogens with one attached hydrogen (secondary N) is 3. The van der Waals surface area contributed by atoms with E-state index in [1.807, 2.05) is 30.3 Å². The lowest BCUT2D eigenvalue weighted by Gasteiger charge is -2.12. The van der Waals surface area contributed by atoms with Crippen LogP contribution in [0.3, 0.4) is 0 Å². The normalized spacial score (nSPS) is 10.5. The Morgan fingerprint density at radius 2 is 1.42 bits per heavy atom. The summed E-state index contributed by atoms with van der Waals surface area (Å²) >= 11 is 0. The molecule has 0 saturated heterocycles. The van der Waals surface area contributed by atoms with E-state index < -0.39 is 5.97 Å². The molecule has 0 unspecified atom stereocenters. The molecule has 11 heteroatoms. The lowest BCUT2D eigenvalue weighted by atomic mass is 10.3. The fraction of sp³-hybridized carbons (Fsp3) is 0.273. The van der Waals surface area contributed by atoms with Gasteiger partial charge >= 0.3 is 5.97 Å². The van der Waals surface area contributed by atoms with Crippen LogP contribution < -0.4 is 16.0 Å². The molecule has 1 heterocycles. The lowest BCUT2D eigenvalue weighted by molar-refractivity contribution is -0.146. The number of rotatable bonds is 13. The van der Waals surface area contributed by atoms with Gasteiger partial charge in [0.25, 0.3) is 0 Å². The molecule has 0 amide bonds. The van der Waals surface area contributed by atoms with Crippen LogP contribution in [0.4, 0.5) is 29.2 Å². The van der Waals surface area contributed by atoms with Crippen molar-refractivity contribution in [2.75, 3.05) is 56.0 Å². The minimum atomic E-state index is -0.428. The minimum absolute atomic E-state index is 0.100. The molecule has 0 saturated carbocycles. The Bertz CT molecular complexity index is 1000. The average Bonchev–Trinajstić information content (AvgIpc) is 2.82. The molecule has 0 spiro atoms. The summed E-state index contributed by atoms with van der Waals surface area (Å²) in [6, 6.07) is 16.1. The maximum Gasteiger partial charge on any atom is 0.331 e. The Kier molecular flexibility index (Phi) is 9.18. The number of aromatic nitrogens is 3. The van der Waals surface area contributed by atoms with Gasteiger partial charge in [0.15, 0.2) is 0 Å². The van der Waals surface area contributed by atoms with Gasteiger partial charge in [-0.1, -0.05) is 18.2 Å². The van der Waals surface area contributed by atoms with Gasteiger partial charge in [-0.05, 0) is 36.4 Å². The van der Waals surface area contributed by atoms with Crippen LogP contribution in [0.5, 0.6) is 5.75 Å². The van der Waals surface area contributed by atoms with E-state index >= 15 is 0 Å². The molecule has 3 rings (SSSR count). The van der Waals surface area contributed by atoms with Gasteiger partial charge in [-0.15, -0.1) is 0 Å². The van der Waals surface area contributed by atoms with Gasteiger partial charge in [-0.25, -0.2) is 4.79 Å². The Morgan fingerprint density at radius 3 is 2.09 bits per heavy atom. The maximum atomic E-state index is 11.0. The molecular formula is C22H26N6O5. The maximum absolute atomic E-state index is 11.0. The second-order valence-corrected chi connectivity index (χ2v) is 6.64. The van der Waals surface area contributed by atoms with Crippen LogP contribution in [0.2, 0.25) is 0 Å². The minimum Gasteiger partial charge on any atom is -0.508 e. The number of carbonyl (C=O) groups is 1. The van der Waals surface area contributed by atoms with Crippen molar-refractivity contribution in [2.24, 2.45) is 0 Å². The number of nitrogens with zero attached hydrogens (tertiary/aromatic N) is 3. The van der Waals surface area contributed by atoms with E-state index in [2.05, 4.69) is 35.6 Å². The van der Waals surface area contributed by atoms with E-state index in [4.69, 9.17) is 9.47 Å². The van der Waals surface area contributed by atoms with Gasteiger partial charge in [0.1, 0.15) is 12.4 Å². The predicted molar refractivity (Wildman–Crippen MR) is 123 cm³/mol. The summed E-state index contributed by atoms with van der Waals surface area (Å²) in [4.78, 5) is 24.2. The highest BCUT2D eigenvalue weighted by Gasteiger charge is 2.08. The van der Waals surface area contributed by atoms with E-state index in [-0.39, 0.29) is 19.0 Å². The highest BCUT2D eigenvalue weighted by atomic mass is 16.6. The summed E-state index contributed by atoms with van der Waals surface area (Å²) in [7, 11) is 1.31. The molecule has 0 bridgehead atoms. The number of hydrogen-bond donors (Lipinski definition) is 4. The van der Waals surface area contributed by atoms with Crippen molar-refractivity contribution < 1.29 is 24.1 Å². The van der Waals surface area contributed by atoms with Crippen LogP contribution in [0.15, 0.2) is 54.6 Å². The van der Waals surface area contributed by atoms with Gasteiger partial charge < -0.3 is 35.3 Å². The number of phenols is 1. The number of benzene rings is 2. The van der Waals surface area contributed by atoms with E-state index in [1.54, 1.807) is 24.3 Å². The van der Waals surface area contributed by atoms with Crippen LogP contribution in [-0.4, -0.2) is 66.1 Å². The van der Waals surface area contributed by atoms with Crippen LogP contribution in [0.25, 0.3) is 0 Å². The molecule has 0 aliphatic carbocycles. The number of phenolic OH excluding ortho intramolecular Hbond substituents is 1. The quantitative estimate of drug-likeness (QED) is 0.172. The zero-order chi connectivity index (χ0) is 23.3. The van der Waals surface area contributed by atoms with Gasteiger partial charge in [0.2, 0.25) is 17.8 Å². The molecule has 2 aromatic carbocycles. The van der Waals surface area contributed by atoms with Crippen LogP contribution in [-0.2, 0) is 19.0 Å². The van der Waals surface area contributed by atoms with Crippen LogP contribution >= 0.6 is 0 Å². The Balaban J connectivity index is 1.56. The highest BCUT2D eigenvalue weighted by molar-refractivity contribution is 5.70.